The average Bonchev–Trinajstić information content (AvgIpc) is 2.23. The van der Waals surface area contributed by atoms with Crippen molar-refractivity contribution >= 4 is 11.8 Å². The average molecular weight is 213 g/mol. The van der Waals surface area contributed by atoms with Crippen LogP contribution >= 0.6 is 11.8 Å². The third-order valence-electron chi connectivity index (χ3n) is 2.49. The third-order valence-corrected chi connectivity index (χ3v) is 2.79. The molecule has 3 nitrogen and oxygen atoms in total. The molecule has 1 aliphatic rings. The van der Waals surface area contributed by atoms with E-state index >= 15 is 0 Å². The van der Waals surface area contributed by atoms with Crippen molar-refractivity contribution in [2.45, 2.75) is 6.04 Å². The summed E-state index contributed by atoms with van der Waals surface area (Å²) in [5.41, 5.74) is 1.10. The molecule has 4 heteroatoms. The standard InChI is InChI=1S/C10H13ClN2O/c11-12-6-7-13(14)10(8-12)9-4-2-1-3-5-9/h1-5,10,14H,6-8H2. The number of hydrogen-bond donors (Lipinski definition) is 1. The van der Waals surface area contributed by atoms with Crippen LogP contribution in [0.3, 0.4) is 0 Å². The van der Waals surface area contributed by atoms with Gasteiger partial charge in [0.25, 0.3) is 0 Å². The first-order chi connectivity index (χ1) is 6.77. The molecule has 1 unspecified atom stereocenters. The molecule has 0 aliphatic carbocycles. The molecule has 1 aromatic carbocycles. The van der Waals surface area contributed by atoms with E-state index in [2.05, 4.69) is 0 Å². The van der Waals surface area contributed by atoms with Crippen LogP contribution in [0.25, 0.3) is 0 Å². The minimum atomic E-state index is -0.0116. The van der Waals surface area contributed by atoms with Crippen LogP contribution in [0, 0.1) is 0 Å². The normalized spacial score (nSPS) is 25.1. The van der Waals surface area contributed by atoms with E-state index in [9.17, 15) is 5.21 Å². The van der Waals surface area contributed by atoms with Crippen LogP contribution in [0.2, 0.25) is 0 Å². The Kier molecular flexibility index (Phi) is 3.03. The molecule has 1 N–H and O–H groups in total. The summed E-state index contributed by atoms with van der Waals surface area (Å²) in [6, 6.07) is 9.90. The van der Waals surface area contributed by atoms with E-state index in [1.807, 2.05) is 30.3 Å². The van der Waals surface area contributed by atoms with Gasteiger partial charge in [-0.3, -0.25) is 0 Å². The summed E-state index contributed by atoms with van der Waals surface area (Å²) >= 11 is 5.92. The molecule has 0 radical (unpaired) electrons. The highest BCUT2D eigenvalue weighted by molar-refractivity contribution is 6.13. The Morgan fingerprint density at radius 1 is 1.21 bits per heavy atom. The summed E-state index contributed by atoms with van der Waals surface area (Å²) in [4.78, 5) is 0. The Labute approximate surface area is 88.6 Å². The monoisotopic (exact) mass is 212 g/mol. The summed E-state index contributed by atoms with van der Waals surface area (Å²) in [6.07, 6.45) is 0. The van der Waals surface area contributed by atoms with E-state index in [1.165, 1.54) is 5.06 Å². The number of nitrogens with zero attached hydrogens (tertiary/aromatic N) is 2. The first-order valence-electron chi connectivity index (χ1n) is 4.68. The van der Waals surface area contributed by atoms with E-state index in [1.54, 1.807) is 4.42 Å². The summed E-state index contributed by atoms with van der Waals surface area (Å²) in [5, 5.41) is 11.0. The topological polar surface area (TPSA) is 26.7 Å². The van der Waals surface area contributed by atoms with Gasteiger partial charge in [0.1, 0.15) is 0 Å². The molecule has 1 aliphatic heterocycles. The highest BCUT2D eigenvalue weighted by Gasteiger charge is 2.25. The molecule has 0 saturated carbocycles. The maximum atomic E-state index is 9.69. The molecule has 1 heterocycles. The molecular formula is C10H13ClN2O. The highest BCUT2D eigenvalue weighted by Crippen LogP contribution is 2.24. The summed E-state index contributed by atoms with van der Waals surface area (Å²) in [7, 11) is 0. The van der Waals surface area contributed by atoms with Crippen LogP contribution in [0.1, 0.15) is 11.6 Å². The van der Waals surface area contributed by atoms with Gasteiger partial charge in [-0.2, -0.15) is 5.06 Å². The van der Waals surface area contributed by atoms with Gasteiger partial charge in [-0.15, -0.1) is 0 Å². The van der Waals surface area contributed by atoms with Crippen molar-refractivity contribution in [1.82, 2.24) is 9.48 Å². The number of hydroxylamine groups is 2. The zero-order chi connectivity index (χ0) is 9.97. The number of benzene rings is 1. The molecule has 1 atom stereocenters. The van der Waals surface area contributed by atoms with Crippen molar-refractivity contribution in [2.24, 2.45) is 0 Å². The number of hydrogen-bond acceptors (Lipinski definition) is 3. The van der Waals surface area contributed by atoms with Crippen molar-refractivity contribution in [1.29, 1.82) is 0 Å². The Bertz CT molecular complexity index is 293. The van der Waals surface area contributed by atoms with Crippen LogP contribution in [0.5, 0.6) is 0 Å². The Balaban J connectivity index is 2.16. The molecule has 14 heavy (non-hydrogen) atoms. The first kappa shape index (κ1) is 9.93. The quantitative estimate of drug-likeness (QED) is 0.721. The smallest absolute Gasteiger partial charge is 0.0740 e. The first-order valence-corrected chi connectivity index (χ1v) is 5.02. The highest BCUT2D eigenvalue weighted by atomic mass is 35.5. The lowest BCUT2D eigenvalue weighted by molar-refractivity contribution is -0.148. The number of piperazine rings is 1. The predicted octanol–water partition coefficient (Wildman–Crippen LogP) is 1.89. The summed E-state index contributed by atoms with van der Waals surface area (Å²) in [6.45, 7) is 1.94. The van der Waals surface area contributed by atoms with Gasteiger partial charge in [0, 0.05) is 19.6 Å². The van der Waals surface area contributed by atoms with Gasteiger partial charge in [0.2, 0.25) is 0 Å². The van der Waals surface area contributed by atoms with Crippen molar-refractivity contribution in [3.8, 4) is 0 Å². The molecular weight excluding hydrogens is 200 g/mol. The van der Waals surface area contributed by atoms with E-state index in [4.69, 9.17) is 11.8 Å². The summed E-state index contributed by atoms with van der Waals surface area (Å²) in [5.74, 6) is 0. The van der Waals surface area contributed by atoms with Crippen LogP contribution in [-0.2, 0) is 0 Å². The van der Waals surface area contributed by atoms with Crippen LogP contribution in [0.4, 0.5) is 0 Å². The minimum absolute atomic E-state index is 0.0116. The van der Waals surface area contributed by atoms with Gasteiger partial charge in [-0.25, -0.2) is 4.42 Å². The van der Waals surface area contributed by atoms with E-state index in [-0.39, 0.29) is 6.04 Å². The number of rotatable bonds is 1. The number of halogens is 1. The fraction of sp³-hybridized carbons (Fsp3) is 0.400. The van der Waals surface area contributed by atoms with Crippen molar-refractivity contribution in [3.05, 3.63) is 35.9 Å². The van der Waals surface area contributed by atoms with E-state index in [0.717, 1.165) is 5.56 Å². The molecule has 0 spiro atoms. The van der Waals surface area contributed by atoms with Crippen molar-refractivity contribution in [3.63, 3.8) is 0 Å². The predicted molar refractivity (Wildman–Crippen MR) is 55.1 cm³/mol. The molecule has 76 valence electrons. The molecule has 1 fully saturated rings. The molecule has 2 rings (SSSR count). The molecule has 1 saturated heterocycles. The largest absolute Gasteiger partial charge is 0.313 e. The Morgan fingerprint density at radius 3 is 2.64 bits per heavy atom. The maximum absolute atomic E-state index is 9.69. The Morgan fingerprint density at radius 2 is 1.93 bits per heavy atom. The van der Waals surface area contributed by atoms with E-state index < -0.39 is 0 Å². The summed E-state index contributed by atoms with van der Waals surface area (Å²) < 4.78 is 1.71. The van der Waals surface area contributed by atoms with E-state index in [0.29, 0.717) is 19.6 Å². The Hall–Kier alpha value is -0.610. The lowest BCUT2D eigenvalue weighted by Crippen LogP contribution is -2.43. The van der Waals surface area contributed by atoms with Gasteiger partial charge in [0.15, 0.2) is 0 Å². The fourth-order valence-corrected chi connectivity index (χ4v) is 1.90. The van der Waals surface area contributed by atoms with Crippen molar-refractivity contribution < 1.29 is 5.21 Å². The molecule has 1 aromatic rings. The second-order valence-corrected chi connectivity index (χ2v) is 3.94. The third kappa shape index (κ3) is 2.07. The molecule has 0 aromatic heterocycles. The fourth-order valence-electron chi connectivity index (χ4n) is 1.69. The molecule has 0 bridgehead atoms. The van der Waals surface area contributed by atoms with Gasteiger partial charge < -0.3 is 5.21 Å². The second kappa shape index (κ2) is 4.28. The van der Waals surface area contributed by atoms with Gasteiger partial charge in [-0.05, 0) is 17.3 Å². The zero-order valence-corrected chi connectivity index (χ0v) is 8.56. The molecule has 0 amide bonds. The van der Waals surface area contributed by atoms with Gasteiger partial charge in [0.05, 0.1) is 6.04 Å². The second-order valence-electron chi connectivity index (χ2n) is 3.46. The lowest BCUT2D eigenvalue weighted by atomic mass is 10.1. The van der Waals surface area contributed by atoms with Crippen LogP contribution in [0.15, 0.2) is 30.3 Å². The SMILES string of the molecule is ON1CCN(Cl)CC1c1ccccc1. The van der Waals surface area contributed by atoms with Gasteiger partial charge in [-0.1, -0.05) is 30.3 Å². The zero-order valence-electron chi connectivity index (χ0n) is 7.81. The van der Waals surface area contributed by atoms with Crippen LogP contribution < -0.4 is 0 Å². The van der Waals surface area contributed by atoms with Crippen molar-refractivity contribution in [2.75, 3.05) is 19.6 Å². The minimum Gasteiger partial charge on any atom is -0.313 e. The lowest BCUT2D eigenvalue weighted by Gasteiger charge is -2.34. The maximum Gasteiger partial charge on any atom is 0.0740 e. The van der Waals surface area contributed by atoms with Crippen LogP contribution in [-0.4, -0.2) is 34.3 Å². The van der Waals surface area contributed by atoms with Gasteiger partial charge >= 0.3 is 0 Å².